The van der Waals surface area contributed by atoms with Crippen molar-refractivity contribution in [1.29, 1.82) is 0 Å². The zero-order valence-corrected chi connectivity index (χ0v) is 13.9. The van der Waals surface area contributed by atoms with Gasteiger partial charge in [0.15, 0.2) is 0 Å². The highest BCUT2D eigenvalue weighted by molar-refractivity contribution is 6.30. The number of halogens is 1. The third-order valence-corrected chi connectivity index (χ3v) is 5.93. The first-order valence-corrected chi connectivity index (χ1v) is 9.11. The molecule has 2 aliphatic carbocycles. The Labute approximate surface area is 134 Å². The van der Waals surface area contributed by atoms with E-state index in [1.807, 2.05) is 6.07 Å². The van der Waals surface area contributed by atoms with E-state index in [9.17, 15) is 0 Å². The summed E-state index contributed by atoms with van der Waals surface area (Å²) in [6, 6.07) is 9.13. The highest BCUT2D eigenvalue weighted by Gasteiger charge is 2.30. The van der Waals surface area contributed by atoms with Crippen molar-refractivity contribution in [3.63, 3.8) is 0 Å². The summed E-state index contributed by atoms with van der Waals surface area (Å²) in [6.07, 6.45) is 9.74. The molecule has 2 aliphatic rings. The molecule has 1 aromatic rings. The third-order valence-electron chi connectivity index (χ3n) is 5.70. The zero-order valence-electron chi connectivity index (χ0n) is 13.2. The number of rotatable bonds is 5. The van der Waals surface area contributed by atoms with Crippen molar-refractivity contribution < 1.29 is 0 Å². The van der Waals surface area contributed by atoms with Crippen molar-refractivity contribution in [2.45, 2.75) is 63.8 Å². The highest BCUT2D eigenvalue weighted by atomic mass is 35.5. The molecule has 0 radical (unpaired) electrons. The summed E-state index contributed by atoms with van der Waals surface area (Å²) in [5, 5.41) is 4.67. The van der Waals surface area contributed by atoms with Gasteiger partial charge in [-0.2, -0.15) is 0 Å². The standard InChI is InChI=1S/C19H28ClN/c1-2-14-6-8-15(9-7-14)13-21-19-11-17(12-19)16-4-3-5-18(20)10-16/h3-5,10,14-15,17,19,21H,2,6-9,11-13H2,1H3. The molecule has 0 spiro atoms. The molecule has 1 N–H and O–H groups in total. The fourth-order valence-corrected chi connectivity index (χ4v) is 4.19. The summed E-state index contributed by atoms with van der Waals surface area (Å²) < 4.78 is 0. The first kappa shape index (κ1) is 15.4. The lowest BCUT2D eigenvalue weighted by Gasteiger charge is -2.38. The van der Waals surface area contributed by atoms with Gasteiger partial charge in [-0.15, -0.1) is 0 Å². The summed E-state index contributed by atoms with van der Waals surface area (Å²) in [4.78, 5) is 0. The molecule has 2 fully saturated rings. The molecule has 0 heterocycles. The molecule has 1 aromatic carbocycles. The number of hydrogen-bond acceptors (Lipinski definition) is 1. The number of benzene rings is 1. The SMILES string of the molecule is CCC1CCC(CNC2CC(c3cccc(Cl)c3)C2)CC1. The molecular weight excluding hydrogens is 278 g/mol. The van der Waals surface area contributed by atoms with Crippen LogP contribution in [-0.2, 0) is 0 Å². The van der Waals surface area contributed by atoms with Gasteiger partial charge in [0.2, 0.25) is 0 Å². The summed E-state index contributed by atoms with van der Waals surface area (Å²) in [5.41, 5.74) is 1.42. The smallest absolute Gasteiger partial charge is 0.0408 e. The first-order chi connectivity index (χ1) is 10.2. The van der Waals surface area contributed by atoms with Gasteiger partial charge in [-0.1, -0.05) is 49.9 Å². The quantitative estimate of drug-likeness (QED) is 0.769. The highest BCUT2D eigenvalue weighted by Crippen LogP contribution is 2.38. The molecule has 1 nitrogen and oxygen atoms in total. The van der Waals surface area contributed by atoms with E-state index in [-0.39, 0.29) is 0 Å². The van der Waals surface area contributed by atoms with Crippen LogP contribution in [0.2, 0.25) is 5.02 Å². The minimum Gasteiger partial charge on any atom is -0.314 e. The van der Waals surface area contributed by atoms with E-state index < -0.39 is 0 Å². The van der Waals surface area contributed by atoms with E-state index in [1.165, 1.54) is 57.1 Å². The fraction of sp³-hybridized carbons (Fsp3) is 0.684. The van der Waals surface area contributed by atoms with Crippen LogP contribution < -0.4 is 5.32 Å². The Hall–Kier alpha value is -0.530. The van der Waals surface area contributed by atoms with Crippen molar-refractivity contribution >= 4 is 11.6 Å². The Balaban J connectivity index is 1.36. The molecule has 21 heavy (non-hydrogen) atoms. The van der Waals surface area contributed by atoms with E-state index in [0.717, 1.165) is 28.8 Å². The van der Waals surface area contributed by atoms with E-state index in [0.29, 0.717) is 0 Å². The average Bonchev–Trinajstić information content (AvgIpc) is 2.46. The third kappa shape index (κ3) is 4.02. The zero-order chi connectivity index (χ0) is 14.7. The molecule has 0 bridgehead atoms. The van der Waals surface area contributed by atoms with Crippen molar-refractivity contribution in [3.05, 3.63) is 34.9 Å². The summed E-state index contributed by atoms with van der Waals surface area (Å²) in [5.74, 6) is 2.66. The molecular formula is C19H28ClN. The Morgan fingerprint density at radius 2 is 1.81 bits per heavy atom. The second-order valence-corrected chi connectivity index (χ2v) is 7.56. The van der Waals surface area contributed by atoms with Crippen LogP contribution in [0.3, 0.4) is 0 Å². The van der Waals surface area contributed by atoms with Crippen LogP contribution >= 0.6 is 11.6 Å². The van der Waals surface area contributed by atoms with E-state index in [4.69, 9.17) is 11.6 Å². The number of hydrogen-bond donors (Lipinski definition) is 1. The summed E-state index contributed by atoms with van der Waals surface area (Å²) in [7, 11) is 0. The predicted octanol–water partition coefficient (Wildman–Crippen LogP) is 5.39. The maximum absolute atomic E-state index is 6.08. The van der Waals surface area contributed by atoms with Crippen molar-refractivity contribution in [2.24, 2.45) is 11.8 Å². The van der Waals surface area contributed by atoms with Gasteiger partial charge in [-0.3, -0.25) is 0 Å². The minimum atomic E-state index is 0.719. The van der Waals surface area contributed by atoms with Crippen LogP contribution in [-0.4, -0.2) is 12.6 Å². The van der Waals surface area contributed by atoms with Gasteiger partial charge in [0.1, 0.15) is 0 Å². The maximum atomic E-state index is 6.08. The van der Waals surface area contributed by atoms with Gasteiger partial charge in [-0.25, -0.2) is 0 Å². The topological polar surface area (TPSA) is 12.0 Å². The van der Waals surface area contributed by atoms with E-state index >= 15 is 0 Å². The maximum Gasteiger partial charge on any atom is 0.0408 e. The molecule has 0 saturated heterocycles. The molecule has 2 saturated carbocycles. The van der Waals surface area contributed by atoms with Gasteiger partial charge in [-0.05, 0) is 67.7 Å². The van der Waals surface area contributed by atoms with Gasteiger partial charge in [0.25, 0.3) is 0 Å². The Bertz CT molecular complexity index is 445. The largest absolute Gasteiger partial charge is 0.314 e. The van der Waals surface area contributed by atoms with Crippen LogP contribution in [0.1, 0.15) is 63.4 Å². The second-order valence-electron chi connectivity index (χ2n) is 7.12. The van der Waals surface area contributed by atoms with Gasteiger partial charge in [0, 0.05) is 11.1 Å². The molecule has 0 amide bonds. The normalized spacial score (nSPS) is 32.7. The van der Waals surface area contributed by atoms with Gasteiger partial charge < -0.3 is 5.32 Å². The Morgan fingerprint density at radius 3 is 2.48 bits per heavy atom. The van der Waals surface area contributed by atoms with E-state index in [1.54, 1.807) is 0 Å². The molecule has 116 valence electrons. The van der Waals surface area contributed by atoms with Crippen LogP contribution in [0.4, 0.5) is 0 Å². The monoisotopic (exact) mass is 305 g/mol. The second kappa shape index (κ2) is 7.15. The van der Waals surface area contributed by atoms with Crippen LogP contribution in [0.15, 0.2) is 24.3 Å². The molecule has 3 rings (SSSR count). The fourth-order valence-electron chi connectivity index (χ4n) is 3.99. The predicted molar refractivity (Wildman–Crippen MR) is 91.0 cm³/mol. The lowest BCUT2D eigenvalue weighted by Crippen LogP contribution is -2.42. The molecule has 0 unspecified atom stereocenters. The number of nitrogens with one attached hydrogen (secondary N) is 1. The minimum absolute atomic E-state index is 0.719. The van der Waals surface area contributed by atoms with E-state index in [2.05, 4.69) is 30.4 Å². The lowest BCUT2D eigenvalue weighted by atomic mass is 9.75. The average molecular weight is 306 g/mol. The van der Waals surface area contributed by atoms with Crippen molar-refractivity contribution in [1.82, 2.24) is 5.32 Å². The summed E-state index contributed by atoms with van der Waals surface area (Å²) in [6.45, 7) is 3.58. The molecule has 0 aliphatic heterocycles. The van der Waals surface area contributed by atoms with Gasteiger partial charge in [0.05, 0.1) is 0 Å². The Morgan fingerprint density at radius 1 is 1.10 bits per heavy atom. The van der Waals surface area contributed by atoms with Crippen LogP contribution in [0, 0.1) is 11.8 Å². The van der Waals surface area contributed by atoms with Gasteiger partial charge >= 0.3 is 0 Å². The summed E-state index contributed by atoms with van der Waals surface area (Å²) >= 11 is 6.08. The first-order valence-electron chi connectivity index (χ1n) is 8.73. The Kier molecular flexibility index (Phi) is 5.24. The van der Waals surface area contributed by atoms with Crippen molar-refractivity contribution in [3.8, 4) is 0 Å². The molecule has 2 heteroatoms. The van der Waals surface area contributed by atoms with Crippen LogP contribution in [0.5, 0.6) is 0 Å². The molecule has 0 atom stereocenters. The van der Waals surface area contributed by atoms with Crippen LogP contribution in [0.25, 0.3) is 0 Å². The van der Waals surface area contributed by atoms with Crippen molar-refractivity contribution in [2.75, 3.05) is 6.54 Å². The lowest BCUT2D eigenvalue weighted by molar-refractivity contribution is 0.228. The molecule has 0 aromatic heterocycles.